The van der Waals surface area contributed by atoms with Crippen LogP contribution >= 0.6 is 0 Å². The Kier molecular flexibility index (Phi) is 6.07. The van der Waals surface area contributed by atoms with E-state index in [0.717, 1.165) is 30.8 Å². The van der Waals surface area contributed by atoms with Gasteiger partial charge in [-0.15, -0.1) is 0 Å². The van der Waals surface area contributed by atoms with Crippen molar-refractivity contribution in [3.63, 3.8) is 0 Å². The Morgan fingerprint density at radius 2 is 2.22 bits per heavy atom. The van der Waals surface area contributed by atoms with Gasteiger partial charge in [-0.1, -0.05) is 0 Å². The number of hydrogen-bond donors (Lipinski definition) is 1. The van der Waals surface area contributed by atoms with Crippen molar-refractivity contribution in [2.75, 3.05) is 26.8 Å². The van der Waals surface area contributed by atoms with Gasteiger partial charge >= 0.3 is 5.97 Å². The predicted octanol–water partition coefficient (Wildman–Crippen LogP) is 0.504. The van der Waals surface area contributed by atoms with E-state index in [1.54, 1.807) is 6.92 Å². The van der Waals surface area contributed by atoms with Gasteiger partial charge in [-0.25, -0.2) is 0 Å². The van der Waals surface area contributed by atoms with Crippen molar-refractivity contribution in [3.05, 3.63) is 0 Å². The van der Waals surface area contributed by atoms with Crippen LogP contribution in [0, 0.1) is 0 Å². The van der Waals surface area contributed by atoms with E-state index in [1.165, 1.54) is 7.05 Å². The molecule has 0 bridgehead atoms. The normalized spacial score (nSPS) is 21.3. The maximum absolute atomic E-state index is 11.7. The smallest absolute Gasteiger partial charge is 0.323 e. The lowest BCUT2D eigenvalue weighted by atomic mass is 10.1. The van der Waals surface area contributed by atoms with Crippen LogP contribution < -0.4 is 0 Å². The van der Waals surface area contributed by atoms with Gasteiger partial charge in [-0.2, -0.15) is 0 Å². The molecule has 6 heteroatoms. The van der Waals surface area contributed by atoms with Gasteiger partial charge < -0.3 is 19.5 Å². The topological polar surface area (TPSA) is 76.1 Å². The first-order valence-electron chi connectivity index (χ1n) is 6.20. The SMILES string of the molecule is CC(OCC1CCCCO1)C(=O)N(C)CC(=O)O. The number of likely N-dealkylation sites (N-methyl/N-ethyl adjacent to an activating group) is 1. The molecular weight excluding hydrogens is 238 g/mol. The molecule has 1 rings (SSSR count). The van der Waals surface area contributed by atoms with Gasteiger partial charge in [0, 0.05) is 13.7 Å². The maximum atomic E-state index is 11.7. The van der Waals surface area contributed by atoms with E-state index >= 15 is 0 Å². The molecule has 0 aromatic rings. The summed E-state index contributed by atoms with van der Waals surface area (Å²) < 4.78 is 10.9. The van der Waals surface area contributed by atoms with E-state index < -0.39 is 12.1 Å². The molecule has 1 aliphatic rings. The fourth-order valence-corrected chi connectivity index (χ4v) is 1.85. The highest BCUT2D eigenvalue weighted by atomic mass is 16.5. The predicted molar refractivity (Wildman–Crippen MR) is 64.3 cm³/mol. The number of carbonyl (C=O) groups is 2. The number of nitrogens with zero attached hydrogens (tertiary/aromatic N) is 1. The van der Waals surface area contributed by atoms with Crippen LogP contribution in [0.15, 0.2) is 0 Å². The Bertz CT molecular complexity index is 288. The number of carboxylic acids is 1. The summed E-state index contributed by atoms with van der Waals surface area (Å²) in [4.78, 5) is 23.4. The highest BCUT2D eigenvalue weighted by Gasteiger charge is 2.22. The maximum Gasteiger partial charge on any atom is 0.323 e. The summed E-state index contributed by atoms with van der Waals surface area (Å²) >= 11 is 0. The van der Waals surface area contributed by atoms with Crippen LogP contribution in [0.1, 0.15) is 26.2 Å². The first-order chi connectivity index (χ1) is 8.50. The molecule has 0 aromatic heterocycles. The second kappa shape index (κ2) is 7.33. The lowest BCUT2D eigenvalue weighted by molar-refractivity contribution is -0.150. The van der Waals surface area contributed by atoms with Gasteiger partial charge in [0.1, 0.15) is 12.6 Å². The molecule has 0 saturated carbocycles. The summed E-state index contributed by atoms with van der Waals surface area (Å²) in [7, 11) is 1.45. The number of aliphatic carboxylic acids is 1. The molecule has 6 nitrogen and oxygen atoms in total. The summed E-state index contributed by atoms with van der Waals surface area (Å²) in [6.07, 6.45) is 2.56. The van der Waals surface area contributed by atoms with Gasteiger partial charge in [0.2, 0.25) is 0 Å². The Labute approximate surface area is 107 Å². The molecule has 0 aromatic carbocycles. The van der Waals surface area contributed by atoms with Crippen LogP contribution in [0.25, 0.3) is 0 Å². The highest BCUT2D eigenvalue weighted by molar-refractivity contribution is 5.84. The minimum absolute atomic E-state index is 0.0544. The minimum Gasteiger partial charge on any atom is -0.480 e. The van der Waals surface area contributed by atoms with Crippen molar-refractivity contribution >= 4 is 11.9 Å². The Morgan fingerprint density at radius 3 is 2.78 bits per heavy atom. The molecule has 1 saturated heterocycles. The zero-order valence-electron chi connectivity index (χ0n) is 10.9. The Morgan fingerprint density at radius 1 is 1.50 bits per heavy atom. The zero-order valence-corrected chi connectivity index (χ0v) is 10.9. The molecule has 1 amide bonds. The van der Waals surface area contributed by atoms with Gasteiger partial charge in [0.05, 0.1) is 12.7 Å². The number of amides is 1. The summed E-state index contributed by atoms with van der Waals surface area (Å²) in [6, 6.07) is 0. The zero-order chi connectivity index (χ0) is 13.5. The monoisotopic (exact) mass is 259 g/mol. The summed E-state index contributed by atoms with van der Waals surface area (Å²) in [6.45, 7) is 2.44. The molecule has 0 radical (unpaired) electrons. The fraction of sp³-hybridized carbons (Fsp3) is 0.833. The third-order valence-electron chi connectivity index (χ3n) is 2.90. The van der Waals surface area contributed by atoms with Crippen molar-refractivity contribution < 1.29 is 24.2 Å². The highest BCUT2D eigenvalue weighted by Crippen LogP contribution is 2.13. The molecule has 0 aliphatic carbocycles. The Balaban J connectivity index is 2.28. The molecule has 18 heavy (non-hydrogen) atoms. The van der Waals surface area contributed by atoms with E-state index in [9.17, 15) is 9.59 Å². The van der Waals surface area contributed by atoms with Crippen molar-refractivity contribution in [2.24, 2.45) is 0 Å². The molecule has 1 N–H and O–H groups in total. The first-order valence-corrected chi connectivity index (χ1v) is 6.20. The summed E-state index contributed by atoms with van der Waals surface area (Å²) in [5, 5.41) is 8.59. The average Bonchev–Trinajstić information content (AvgIpc) is 2.35. The van der Waals surface area contributed by atoms with Crippen molar-refractivity contribution in [1.29, 1.82) is 0 Å². The summed E-state index contributed by atoms with van der Waals surface area (Å²) in [5.41, 5.74) is 0. The lowest BCUT2D eigenvalue weighted by Gasteiger charge is -2.25. The van der Waals surface area contributed by atoms with Crippen molar-refractivity contribution in [1.82, 2.24) is 4.90 Å². The van der Waals surface area contributed by atoms with Gasteiger partial charge in [0.25, 0.3) is 5.91 Å². The third-order valence-corrected chi connectivity index (χ3v) is 2.90. The molecule has 104 valence electrons. The van der Waals surface area contributed by atoms with Crippen LogP contribution in [0.2, 0.25) is 0 Å². The van der Waals surface area contributed by atoms with E-state index in [2.05, 4.69) is 0 Å². The van der Waals surface area contributed by atoms with Crippen LogP contribution in [-0.4, -0.2) is 60.9 Å². The standard InChI is InChI=1S/C12H21NO5/c1-9(12(16)13(2)7-11(14)15)18-8-10-5-3-4-6-17-10/h9-10H,3-8H2,1-2H3,(H,14,15). The number of ether oxygens (including phenoxy) is 2. The fourth-order valence-electron chi connectivity index (χ4n) is 1.85. The second-order valence-corrected chi connectivity index (χ2v) is 4.55. The molecule has 1 aliphatic heterocycles. The number of rotatable bonds is 6. The molecular formula is C12H21NO5. The molecule has 1 heterocycles. The van der Waals surface area contributed by atoms with Crippen LogP contribution in [-0.2, 0) is 19.1 Å². The largest absolute Gasteiger partial charge is 0.480 e. The Hall–Kier alpha value is -1.14. The van der Waals surface area contributed by atoms with Crippen LogP contribution in [0.3, 0.4) is 0 Å². The van der Waals surface area contributed by atoms with Crippen molar-refractivity contribution in [3.8, 4) is 0 Å². The van der Waals surface area contributed by atoms with E-state index in [0.29, 0.717) is 6.61 Å². The lowest BCUT2D eigenvalue weighted by Crippen LogP contribution is -2.40. The molecule has 2 unspecified atom stereocenters. The van der Waals surface area contributed by atoms with Crippen LogP contribution in [0.4, 0.5) is 0 Å². The van der Waals surface area contributed by atoms with Crippen molar-refractivity contribution in [2.45, 2.75) is 38.4 Å². The van der Waals surface area contributed by atoms with E-state index in [-0.39, 0.29) is 18.6 Å². The van der Waals surface area contributed by atoms with E-state index in [1.807, 2.05) is 0 Å². The minimum atomic E-state index is -1.03. The number of hydrogen-bond acceptors (Lipinski definition) is 4. The van der Waals surface area contributed by atoms with E-state index in [4.69, 9.17) is 14.6 Å². The van der Waals surface area contributed by atoms with Gasteiger partial charge in [-0.05, 0) is 26.2 Å². The van der Waals surface area contributed by atoms with Gasteiger partial charge in [-0.3, -0.25) is 9.59 Å². The molecule has 2 atom stereocenters. The molecule has 1 fully saturated rings. The molecule has 0 spiro atoms. The third kappa shape index (κ3) is 5.01. The summed E-state index contributed by atoms with van der Waals surface area (Å²) in [5.74, 6) is -1.36. The quantitative estimate of drug-likeness (QED) is 0.752. The number of carbonyl (C=O) groups excluding carboxylic acids is 1. The first kappa shape index (κ1) is 14.9. The average molecular weight is 259 g/mol. The van der Waals surface area contributed by atoms with Gasteiger partial charge in [0.15, 0.2) is 0 Å². The second-order valence-electron chi connectivity index (χ2n) is 4.55. The number of carboxylic acid groups (broad SMARTS) is 1. The van der Waals surface area contributed by atoms with Crippen LogP contribution in [0.5, 0.6) is 0 Å².